The summed E-state index contributed by atoms with van der Waals surface area (Å²) in [5.74, 6) is 6.41. The predicted octanol–water partition coefficient (Wildman–Crippen LogP) is 5.52. The van der Waals surface area contributed by atoms with Gasteiger partial charge in [0.05, 0.1) is 5.25 Å². The molecule has 0 bridgehead atoms. The van der Waals surface area contributed by atoms with Crippen molar-refractivity contribution < 1.29 is 4.79 Å². The smallest absolute Gasteiger partial charge is 0.241 e. The molecule has 4 rings (SSSR count). The van der Waals surface area contributed by atoms with Gasteiger partial charge in [0.25, 0.3) is 0 Å². The average Bonchev–Trinajstić information content (AvgIpc) is 3.08. The molecule has 0 radical (unpaired) electrons. The molecule has 0 spiro atoms. The largest absolute Gasteiger partial charge is 0.295 e. The lowest BCUT2D eigenvalue weighted by Crippen LogP contribution is -2.30. The molecule has 0 aromatic heterocycles. The highest BCUT2D eigenvalue weighted by atomic mass is 32.2. The molecule has 5 heteroatoms. The van der Waals surface area contributed by atoms with Gasteiger partial charge in [0.1, 0.15) is 11.9 Å². The van der Waals surface area contributed by atoms with Crippen molar-refractivity contribution in [2.75, 3.05) is 4.90 Å². The summed E-state index contributed by atoms with van der Waals surface area (Å²) in [5.41, 5.74) is 4.53. The average molecular weight is 413 g/mol. The molecule has 30 heavy (non-hydrogen) atoms. The molecular formula is C25H20N2O2S. The Balaban J connectivity index is 1.60. The van der Waals surface area contributed by atoms with Gasteiger partial charge in [0.2, 0.25) is 5.91 Å². The van der Waals surface area contributed by atoms with Crippen molar-refractivity contribution in [3.63, 3.8) is 0 Å². The molecule has 3 aromatic rings. The Morgan fingerprint density at radius 3 is 2.33 bits per heavy atom. The van der Waals surface area contributed by atoms with Crippen molar-refractivity contribution in [2.45, 2.75) is 24.1 Å². The lowest BCUT2D eigenvalue weighted by Gasteiger charge is -2.24. The molecule has 2 unspecified atom stereocenters. The second kappa shape index (κ2) is 8.98. The monoisotopic (exact) mass is 412 g/mol. The van der Waals surface area contributed by atoms with Crippen LogP contribution in [0.4, 0.5) is 5.69 Å². The predicted molar refractivity (Wildman–Crippen MR) is 122 cm³/mol. The highest BCUT2D eigenvalue weighted by molar-refractivity contribution is 8.01. The van der Waals surface area contributed by atoms with Gasteiger partial charge < -0.3 is 0 Å². The fraction of sp³-hybridized carbons (Fsp3) is 0.160. The number of nitrogens with zero attached hydrogens (tertiary/aromatic N) is 2. The summed E-state index contributed by atoms with van der Waals surface area (Å²) in [6.45, 7) is 2.02. The molecule has 1 amide bonds. The molecule has 1 aliphatic rings. The maximum absolute atomic E-state index is 12.9. The topological polar surface area (TPSA) is 49.7 Å². The highest BCUT2D eigenvalue weighted by Crippen LogP contribution is 2.45. The van der Waals surface area contributed by atoms with Gasteiger partial charge in [-0.1, -0.05) is 59.5 Å². The van der Waals surface area contributed by atoms with E-state index < -0.39 is 0 Å². The molecule has 148 valence electrons. The van der Waals surface area contributed by atoms with Crippen LogP contribution in [0.15, 0.2) is 84.0 Å². The Kier molecular flexibility index (Phi) is 5.97. The van der Waals surface area contributed by atoms with E-state index in [-0.39, 0.29) is 23.1 Å². The summed E-state index contributed by atoms with van der Waals surface area (Å²) in [6.07, 6.45) is 0. The van der Waals surface area contributed by atoms with Gasteiger partial charge in [-0.15, -0.1) is 11.8 Å². The van der Waals surface area contributed by atoms with Gasteiger partial charge in [-0.2, -0.15) is 4.91 Å². The van der Waals surface area contributed by atoms with Crippen molar-refractivity contribution >= 4 is 23.4 Å². The molecule has 0 saturated carbocycles. The Hall–Kier alpha value is -3.36. The minimum atomic E-state index is -0.139. The zero-order valence-electron chi connectivity index (χ0n) is 16.5. The molecule has 1 fully saturated rings. The van der Waals surface area contributed by atoms with Crippen LogP contribution in [0.5, 0.6) is 0 Å². The van der Waals surface area contributed by atoms with E-state index in [0.29, 0.717) is 0 Å². The van der Waals surface area contributed by atoms with Crippen LogP contribution >= 0.6 is 11.8 Å². The lowest BCUT2D eigenvalue weighted by atomic mass is 10.1. The summed E-state index contributed by atoms with van der Waals surface area (Å²) in [4.78, 5) is 25.3. The first-order chi connectivity index (χ1) is 14.7. The van der Waals surface area contributed by atoms with E-state index in [0.717, 1.165) is 27.9 Å². The molecule has 4 nitrogen and oxygen atoms in total. The summed E-state index contributed by atoms with van der Waals surface area (Å²) in [7, 11) is 0. The zero-order valence-corrected chi connectivity index (χ0v) is 17.3. The molecule has 1 aliphatic heterocycles. The first-order valence-corrected chi connectivity index (χ1v) is 10.6. The molecule has 0 aliphatic carbocycles. The van der Waals surface area contributed by atoms with E-state index in [9.17, 15) is 9.70 Å². The van der Waals surface area contributed by atoms with Gasteiger partial charge in [-0.3, -0.25) is 9.69 Å². The Labute approximate surface area is 180 Å². The number of hydrogen-bond donors (Lipinski definition) is 0. The highest BCUT2D eigenvalue weighted by Gasteiger charge is 2.39. The SMILES string of the molecule is CC1SC(c2ccc(C#Cc3ccccc3)cc2)N(c2cccc(CN=O)c2)C1=O. The number of anilines is 1. The fourth-order valence-corrected chi connectivity index (χ4v) is 4.67. The van der Waals surface area contributed by atoms with Crippen LogP contribution in [0.1, 0.15) is 34.6 Å². The van der Waals surface area contributed by atoms with Crippen LogP contribution in [0.2, 0.25) is 0 Å². The van der Waals surface area contributed by atoms with Crippen LogP contribution < -0.4 is 4.90 Å². The molecule has 1 saturated heterocycles. The number of thioether (sulfide) groups is 1. The normalized spacial score (nSPS) is 18.0. The molecule has 2 atom stereocenters. The number of carbonyl (C=O) groups excluding carboxylic acids is 1. The minimum absolute atomic E-state index is 0.0640. The summed E-state index contributed by atoms with van der Waals surface area (Å²) < 4.78 is 0. The first-order valence-electron chi connectivity index (χ1n) is 9.69. The van der Waals surface area contributed by atoms with Crippen LogP contribution in [-0.4, -0.2) is 11.2 Å². The quantitative estimate of drug-likeness (QED) is 0.419. The van der Waals surface area contributed by atoms with E-state index >= 15 is 0 Å². The van der Waals surface area contributed by atoms with E-state index in [1.54, 1.807) is 11.8 Å². The van der Waals surface area contributed by atoms with Gasteiger partial charge in [0.15, 0.2) is 0 Å². The summed E-state index contributed by atoms with van der Waals surface area (Å²) >= 11 is 1.62. The third-order valence-corrected chi connectivity index (χ3v) is 6.26. The van der Waals surface area contributed by atoms with E-state index in [1.165, 1.54) is 0 Å². The van der Waals surface area contributed by atoms with Gasteiger partial charge >= 0.3 is 0 Å². The third kappa shape index (κ3) is 4.29. The summed E-state index contributed by atoms with van der Waals surface area (Å²) in [5, 5.41) is 2.70. The molecule has 1 heterocycles. The van der Waals surface area contributed by atoms with Gasteiger partial charge in [-0.05, 0) is 54.4 Å². The Morgan fingerprint density at radius 1 is 0.933 bits per heavy atom. The Morgan fingerprint density at radius 2 is 1.63 bits per heavy atom. The van der Waals surface area contributed by atoms with Crippen molar-refractivity contribution in [3.05, 3.63) is 106 Å². The number of rotatable bonds is 4. The Bertz CT molecular complexity index is 1120. The number of carbonyl (C=O) groups is 1. The maximum Gasteiger partial charge on any atom is 0.241 e. The first kappa shape index (κ1) is 19.9. The van der Waals surface area contributed by atoms with Crippen LogP contribution in [-0.2, 0) is 11.3 Å². The lowest BCUT2D eigenvalue weighted by molar-refractivity contribution is -0.117. The van der Waals surface area contributed by atoms with Gasteiger partial charge in [0, 0.05) is 16.8 Å². The number of amides is 1. The second-order valence-corrected chi connectivity index (χ2v) is 8.46. The number of benzene rings is 3. The minimum Gasteiger partial charge on any atom is -0.295 e. The van der Waals surface area contributed by atoms with E-state index in [4.69, 9.17) is 0 Å². The van der Waals surface area contributed by atoms with Crippen LogP contribution in [0.3, 0.4) is 0 Å². The van der Waals surface area contributed by atoms with Gasteiger partial charge in [-0.25, -0.2) is 0 Å². The molecule has 3 aromatic carbocycles. The van der Waals surface area contributed by atoms with E-state index in [1.807, 2.05) is 90.7 Å². The third-order valence-electron chi connectivity index (χ3n) is 4.91. The van der Waals surface area contributed by atoms with Crippen molar-refractivity contribution in [1.82, 2.24) is 0 Å². The second-order valence-electron chi connectivity index (χ2n) is 7.03. The van der Waals surface area contributed by atoms with Crippen LogP contribution in [0, 0.1) is 16.7 Å². The molecular weight excluding hydrogens is 392 g/mol. The fourth-order valence-electron chi connectivity index (χ4n) is 3.39. The van der Waals surface area contributed by atoms with E-state index in [2.05, 4.69) is 17.0 Å². The van der Waals surface area contributed by atoms with Crippen molar-refractivity contribution in [1.29, 1.82) is 0 Å². The standard InChI is InChI=1S/C25H20N2O2S/c1-18-24(28)27(23-9-5-8-21(16-23)17-26-29)25(30-18)22-14-12-20(13-15-22)11-10-19-6-3-2-4-7-19/h2-9,12-16,18,25H,17H2,1H3. The van der Waals surface area contributed by atoms with Crippen LogP contribution in [0.25, 0.3) is 0 Å². The zero-order chi connectivity index (χ0) is 20.9. The van der Waals surface area contributed by atoms with Crippen molar-refractivity contribution in [2.24, 2.45) is 5.18 Å². The maximum atomic E-state index is 12.9. The number of nitroso groups, excluding NO2 is 1. The number of hydrogen-bond acceptors (Lipinski definition) is 4. The molecule has 0 N–H and O–H groups in total. The summed E-state index contributed by atoms with van der Waals surface area (Å²) in [6, 6.07) is 25.4. The van der Waals surface area contributed by atoms with Crippen molar-refractivity contribution in [3.8, 4) is 11.8 Å².